The topological polar surface area (TPSA) is 9.23 Å². The monoisotopic (exact) mass is 216 g/mol. The Morgan fingerprint density at radius 3 is 2.64 bits per heavy atom. The van der Waals surface area contributed by atoms with Crippen LogP contribution >= 0.6 is 12.6 Å². The molecule has 1 aliphatic carbocycles. The molecule has 1 rings (SSSR count). The van der Waals surface area contributed by atoms with Gasteiger partial charge in [-0.15, -0.1) is 0 Å². The lowest BCUT2D eigenvalue weighted by Gasteiger charge is -2.39. The van der Waals surface area contributed by atoms with Crippen molar-refractivity contribution in [2.24, 2.45) is 17.8 Å². The van der Waals surface area contributed by atoms with Gasteiger partial charge in [0.1, 0.15) is 0 Å². The summed E-state index contributed by atoms with van der Waals surface area (Å²) in [6.07, 6.45) is 4.46. The van der Waals surface area contributed by atoms with Crippen molar-refractivity contribution in [1.82, 2.24) is 0 Å². The number of hydrogen-bond acceptors (Lipinski definition) is 2. The van der Waals surface area contributed by atoms with Crippen LogP contribution < -0.4 is 0 Å². The van der Waals surface area contributed by atoms with Gasteiger partial charge in [0.25, 0.3) is 0 Å². The Bertz CT molecular complexity index is 158. The predicted octanol–water partition coefficient (Wildman–Crippen LogP) is 3.39. The van der Waals surface area contributed by atoms with Crippen molar-refractivity contribution < 1.29 is 4.74 Å². The maximum absolute atomic E-state index is 5.90. The van der Waals surface area contributed by atoms with Gasteiger partial charge in [-0.05, 0) is 24.2 Å². The molecule has 0 spiro atoms. The van der Waals surface area contributed by atoms with Crippen LogP contribution in [0.15, 0.2) is 0 Å². The highest BCUT2D eigenvalue weighted by Gasteiger charge is 2.33. The fourth-order valence-corrected chi connectivity index (χ4v) is 2.98. The molecule has 0 N–H and O–H groups in total. The molecule has 2 heteroatoms. The van der Waals surface area contributed by atoms with Crippen molar-refractivity contribution in [3.63, 3.8) is 0 Å². The second-order valence-electron chi connectivity index (χ2n) is 4.86. The molecule has 3 unspecified atom stereocenters. The molecule has 0 radical (unpaired) electrons. The third kappa shape index (κ3) is 3.16. The number of hydrogen-bond donors (Lipinski definition) is 1. The molecule has 1 aliphatic rings. The predicted molar refractivity (Wildman–Crippen MR) is 64.9 cm³/mol. The quantitative estimate of drug-likeness (QED) is 0.709. The van der Waals surface area contributed by atoms with Crippen molar-refractivity contribution in [1.29, 1.82) is 0 Å². The van der Waals surface area contributed by atoms with Crippen LogP contribution in [0.2, 0.25) is 0 Å². The molecule has 0 bridgehead atoms. The van der Waals surface area contributed by atoms with E-state index in [4.69, 9.17) is 4.74 Å². The smallest absolute Gasteiger partial charge is 0.0608 e. The van der Waals surface area contributed by atoms with Gasteiger partial charge in [0.15, 0.2) is 0 Å². The lowest BCUT2D eigenvalue weighted by atomic mass is 9.72. The third-order valence-corrected chi connectivity index (χ3v) is 3.61. The highest BCUT2D eigenvalue weighted by atomic mass is 32.1. The molecule has 1 saturated carbocycles. The van der Waals surface area contributed by atoms with Crippen molar-refractivity contribution in [3.8, 4) is 0 Å². The molecular weight excluding hydrogens is 192 g/mol. The maximum atomic E-state index is 5.90. The summed E-state index contributed by atoms with van der Waals surface area (Å²) in [7, 11) is 0. The number of thiol groups is 1. The Kier molecular flexibility index (Phi) is 5.32. The van der Waals surface area contributed by atoms with Gasteiger partial charge in [-0.3, -0.25) is 0 Å². The molecule has 1 nitrogen and oxygen atoms in total. The Morgan fingerprint density at radius 1 is 1.36 bits per heavy atom. The molecular formula is C12H24OS. The first-order chi connectivity index (χ1) is 6.66. The van der Waals surface area contributed by atoms with Crippen molar-refractivity contribution in [3.05, 3.63) is 0 Å². The van der Waals surface area contributed by atoms with E-state index in [1.807, 2.05) is 0 Å². The van der Waals surface area contributed by atoms with E-state index in [0.29, 0.717) is 6.10 Å². The lowest BCUT2D eigenvalue weighted by Crippen LogP contribution is -2.37. The molecule has 14 heavy (non-hydrogen) atoms. The van der Waals surface area contributed by atoms with Crippen LogP contribution in [0, 0.1) is 17.8 Å². The standard InChI is InChI=1S/C12H24OS/c1-9(2)12-10(3)5-4-6-11(12)13-7-8-14/h9-12,14H,4-8H2,1-3H3. The molecule has 0 saturated heterocycles. The molecule has 0 aliphatic heterocycles. The summed E-state index contributed by atoms with van der Waals surface area (Å²) in [5.41, 5.74) is 0. The molecule has 84 valence electrons. The summed E-state index contributed by atoms with van der Waals surface area (Å²) in [6, 6.07) is 0. The largest absolute Gasteiger partial charge is 0.377 e. The minimum absolute atomic E-state index is 0.492. The average Bonchev–Trinajstić information content (AvgIpc) is 2.14. The van der Waals surface area contributed by atoms with Crippen molar-refractivity contribution in [2.75, 3.05) is 12.4 Å². The maximum Gasteiger partial charge on any atom is 0.0608 e. The second-order valence-corrected chi connectivity index (χ2v) is 5.31. The van der Waals surface area contributed by atoms with Gasteiger partial charge in [-0.1, -0.05) is 33.6 Å². The Balaban J connectivity index is 2.51. The normalized spacial score (nSPS) is 33.6. The minimum Gasteiger partial charge on any atom is -0.377 e. The number of ether oxygens (including phenoxy) is 1. The Morgan fingerprint density at radius 2 is 2.07 bits per heavy atom. The minimum atomic E-state index is 0.492. The lowest BCUT2D eigenvalue weighted by molar-refractivity contribution is -0.0403. The van der Waals surface area contributed by atoms with Gasteiger partial charge >= 0.3 is 0 Å². The van der Waals surface area contributed by atoms with E-state index in [1.54, 1.807) is 0 Å². The zero-order valence-corrected chi connectivity index (χ0v) is 10.6. The summed E-state index contributed by atoms with van der Waals surface area (Å²) < 4.78 is 5.90. The van der Waals surface area contributed by atoms with Crippen LogP contribution in [0.5, 0.6) is 0 Å². The summed E-state index contributed by atoms with van der Waals surface area (Å²) in [5, 5.41) is 0. The van der Waals surface area contributed by atoms with E-state index in [9.17, 15) is 0 Å². The van der Waals surface area contributed by atoms with E-state index < -0.39 is 0 Å². The van der Waals surface area contributed by atoms with Crippen LogP contribution in [0.1, 0.15) is 40.0 Å². The fourth-order valence-electron chi connectivity index (χ4n) is 2.88. The van der Waals surface area contributed by atoms with Crippen LogP contribution in [0.4, 0.5) is 0 Å². The van der Waals surface area contributed by atoms with Gasteiger partial charge in [-0.25, -0.2) is 0 Å². The van der Waals surface area contributed by atoms with E-state index >= 15 is 0 Å². The highest BCUT2D eigenvalue weighted by Crippen LogP contribution is 2.36. The van der Waals surface area contributed by atoms with Crippen molar-refractivity contribution >= 4 is 12.6 Å². The molecule has 0 amide bonds. The van der Waals surface area contributed by atoms with Gasteiger partial charge in [-0.2, -0.15) is 12.6 Å². The highest BCUT2D eigenvalue weighted by molar-refractivity contribution is 7.80. The second kappa shape index (κ2) is 6.02. The van der Waals surface area contributed by atoms with Gasteiger partial charge in [0.05, 0.1) is 12.7 Å². The van der Waals surface area contributed by atoms with Gasteiger partial charge < -0.3 is 4.74 Å². The summed E-state index contributed by atoms with van der Waals surface area (Å²) in [6.45, 7) is 7.83. The van der Waals surface area contributed by atoms with E-state index in [-0.39, 0.29) is 0 Å². The molecule has 0 aromatic rings. The third-order valence-electron chi connectivity index (χ3n) is 3.43. The summed E-state index contributed by atoms with van der Waals surface area (Å²) in [4.78, 5) is 0. The van der Waals surface area contributed by atoms with E-state index in [1.165, 1.54) is 19.3 Å². The average molecular weight is 216 g/mol. The molecule has 0 aromatic heterocycles. The Hall–Kier alpha value is 0.310. The first-order valence-electron chi connectivity index (χ1n) is 5.89. The Labute approximate surface area is 94.0 Å². The fraction of sp³-hybridized carbons (Fsp3) is 1.00. The van der Waals surface area contributed by atoms with E-state index in [0.717, 1.165) is 30.1 Å². The molecule has 3 atom stereocenters. The first kappa shape index (κ1) is 12.4. The summed E-state index contributed by atoms with van der Waals surface area (Å²) >= 11 is 4.20. The van der Waals surface area contributed by atoms with Crippen LogP contribution in [-0.4, -0.2) is 18.5 Å². The van der Waals surface area contributed by atoms with Crippen LogP contribution in [0.3, 0.4) is 0 Å². The molecule has 1 fully saturated rings. The van der Waals surface area contributed by atoms with Gasteiger partial charge in [0.2, 0.25) is 0 Å². The number of rotatable bonds is 4. The zero-order valence-electron chi connectivity index (χ0n) is 9.70. The molecule has 0 heterocycles. The van der Waals surface area contributed by atoms with Crippen LogP contribution in [0.25, 0.3) is 0 Å². The zero-order chi connectivity index (χ0) is 10.6. The molecule has 0 aromatic carbocycles. The summed E-state index contributed by atoms with van der Waals surface area (Å²) in [5.74, 6) is 3.17. The van der Waals surface area contributed by atoms with E-state index in [2.05, 4.69) is 33.4 Å². The van der Waals surface area contributed by atoms with Crippen molar-refractivity contribution in [2.45, 2.75) is 46.1 Å². The van der Waals surface area contributed by atoms with Gasteiger partial charge in [0, 0.05) is 5.75 Å². The van der Waals surface area contributed by atoms with Crippen LogP contribution in [-0.2, 0) is 4.74 Å². The SMILES string of the molecule is CC(C)C1C(C)CCCC1OCCS. The first-order valence-corrected chi connectivity index (χ1v) is 6.52.